The molecule has 1 rings (SSSR count). The summed E-state index contributed by atoms with van der Waals surface area (Å²) < 4.78 is 4.94. The van der Waals surface area contributed by atoms with Crippen molar-refractivity contribution in [3.63, 3.8) is 0 Å². The number of rotatable bonds is 8. The van der Waals surface area contributed by atoms with Gasteiger partial charge in [0.25, 0.3) is 0 Å². The summed E-state index contributed by atoms with van der Waals surface area (Å²) in [6.45, 7) is 7.73. The zero-order valence-electron chi connectivity index (χ0n) is 13.0. The quantitative estimate of drug-likeness (QED) is 0.718. The highest BCUT2D eigenvalue weighted by molar-refractivity contribution is 5.89. The molecular formula is C17H22O5. The van der Waals surface area contributed by atoms with E-state index in [9.17, 15) is 14.7 Å². The van der Waals surface area contributed by atoms with Crippen LogP contribution in [0.3, 0.4) is 0 Å². The summed E-state index contributed by atoms with van der Waals surface area (Å²) in [6.07, 6.45) is 2.41. The van der Waals surface area contributed by atoms with E-state index in [1.807, 2.05) is 6.92 Å². The number of aromatic carboxylic acids is 1. The molecule has 5 heteroatoms. The molecule has 0 fully saturated rings. The molecule has 0 heterocycles. The predicted molar refractivity (Wildman–Crippen MR) is 83.7 cm³/mol. The summed E-state index contributed by atoms with van der Waals surface area (Å²) >= 11 is 0. The Morgan fingerprint density at radius 3 is 2.59 bits per heavy atom. The number of ether oxygens (including phenoxy) is 1. The Hall–Kier alpha value is -2.30. The molecule has 0 saturated heterocycles. The van der Waals surface area contributed by atoms with Gasteiger partial charge in [-0.2, -0.15) is 0 Å². The van der Waals surface area contributed by atoms with Gasteiger partial charge in [0, 0.05) is 12.5 Å². The van der Waals surface area contributed by atoms with Gasteiger partial charge >= 0.3 is 11.9 Å². The van der Waals surface area contributed by atoms with Gasteiger partial charge in [0.1, 0.15) is 5.75 Å². The van der Waals surface area contributed by atoms with Crippen molar-refractivity contribution >= 4 is 17.5 Å². The second-order valence-corrected chi connectivity index (χ2v) is 5.44. The summed E-state index contributed by atoms with van der Waals surface area (Å²) in [5.74, 6) is -1.16. The van der Waals surface area contributed by atoms with Crippen molar-refractivity contribution in [2.24, 2.45) is 5.92 Å². The zero-order valence-corrected chi connectivity index (χ0v) is 13.0. The first-order valence-electron chi connectivity index (χ1n) is 7.19. The maximum absolute atomic E-state index is 10.8. The molecule has 1 aromatic rings. The minimum absolute atomic E-state index is 0.0454. The summed E-state index contributed by atoms with van der Waals surface area (Å²) in [5.41, 5.74) is 1.37. The van der Waals surface area contributed by atoms with Crippen LogP contribution in [0, 0.1) is 5.92 Å². The molecule has 5 nitrogen and oxygen atoms in total. The van der Waals surface area contributed by atoms with Crippen molar-refractivity contribution in [3.05, 3.63) is 35.9 Å². The number of phenols is 1. The fraction of sp³-hybridized carbons (Fsp3) is 0.412. The van der Waals surface area contributed by atoms with E-state index in [-0.39, 0.29) is 23.2 Å². The number of carbonyl (C=O) groups is 2. The Morgan fingerprint density at radius 1 is 1.36 bits per heavy atom. The lowest BCUT2D eigenvalue weighted by molar-refractivity contribution is -0.142. The largest absolute Gasteiger partial charge is 0.507 e. The molecule has 0 saturated carbocycles. The molecule has 0 aliphatic rings. The molecular weight excluding hydrogens is 284 g/mol. The first kappa shape index (κ1) is 17.8. The lowest BCUT2D eigenvalue weighted by Crippen LogP contribution is -2.09. The molecule has 0 spiro atoms. The lowest BCUT2D eigenvalue weighted by atomic mass is 9.97. The Bertz CT molecular complexity index is 562. The minimum atomic E-state index is -1.08. The molecule has 0 aliphatic heterocycles. The number of allylic oxidation sites excluding steroid dienone is 1. The maximum Gasteiger partial charge on any atom is 0.335 e. The molecule has 0 aliphatic carbocycles. The predicted octanol–water partition coefficient (Wildman–Crippen LogP) is 3.47. The van der Waals surface area contributed by atoms with E-state index in [1.54, 1.807) is 6.07 Å². The number of aromatic hydroxyl groups is 1. The van der Waals surface area contributed by atoms with Gasteiger partial charge in [0.2, 0.25) is 0 Å². The number of carboxylic acid groups (broad SMARTS) is 1. The van der Waals surface area contributed by atoms with E-state index < -0.39 is 5.97 Å². The standard InChI is InChI=1S/C17H22O5/c1-11(10-22-13(3)18)5-4-6-12(2)15-8-7-14(17(20)21)9-16(15)19/h7-9,11,19H,2,4-6,10H2,1,3H3,(H,20,21). The summed E-state index contributed by atoms with van der Waals surface area (Å²) in [6, 6.07) is 4.25. The third kappa shape index (κ3) is 5.60. The topological polar surface area (TPSA) is 83.8 Å². The van der Waals surface area contributed by atoms with E-state index in [4.69, 9.17) is 9.84 Å². The average Bonchev–Trinajstić information content (AvgIpc) is 2.44. The SMILES string of the molecule is C=C(CCCC(C)COC(C)=O)c1ccc(C(=O)O)cc1O. The van der Waals surface area contributed by atoms with Crippen molar-refractivity contribution in [2.75, 3.05) is 6.61 Å². The fourth-order valence-electron chi connectivity index (χ4n) is 2.11. The average molecular weight is 306 g/mol. The van der Waals surface area contributed by atoms with Crippen LogP contribution in [0.1, 0.15) is 49.0 Å². The Balaban J connectivity index is 2.49. The van der Waals surface area contributed by atoms with Crippen LogP contribution < -0.4 is 0 Å². The second kappa shape index (κ2) is 8.22. The second-order valence-electron chi connectivity index (χ2n) is 5.44. The van der Waals surface area contributed by atoms with Crippen molar-refractivity contribution in [1.29, 1.82) is 0 Å². The lowest BCUT2D eigenvalue weighted by Gasteiger charge is -2.12. The normalized spacial score (nSPS) is 11.7. The van der Waals surface area contributed by atoms with Crippen LogP contribution in [-0.2, 0) is 9.53 Å². The molecule has 1 unspecified atom stereocenters. The third-order valence-corrected chi connectivity index (χ3v) is 3.37. The number of carboxylic acids is 1. The molecule has 2 N–H and O–H groups in total. The maximum atomic E-state index is 10.8. The smallest absolute Gasteiger partial charge is 0.335 e. The molecule has 0 radical (unpaired) electrons. The van der Waals surface area contributed by atoms with Crippen LogP contribution in [0.15, 0.2) is 24.8 Å². The summed E-state index contributed by atoms with van der Waals surface area (Å²) in [4.78, 5) is 21.5. The first-order chi connectivity index (χ1) is 10.3. The van der Waals surface area contributed by atoms with Crippen molar-refractivity contribution < 1.29 is 24.5 Å². The van der Waals surface area contributed by atoms with Crippen LogP contribution >= 0.6 is 0 Å². The van der Waals surface area contributed by atoms with Gasteiger partial charge in [-0.05, 0) is 42.9 Å². The highest BCUT2D eigenvalue weighted by Crippen LogP contribution is 2.29. The monoisotopic (exact) mass is 306 g/mol. The number of esters is 1. The molecule has 120 valence electrons. The van der Waals surface area contributed by atoms with Crippen molar-refractivity contribution in [3.8, 4) is 5.75 Å². The molecule has 0 bridgehead atoms. The minimum Gasteiger partial charge on any atom is -0.507 e. The van der Waals surface area contributed by atoms with Gasteiger partial charge in [-0.15, -0.1) is 0 Å². The molecule has 0 amide bonds. The van der Waals surface area contributed by atoms with Gasteiger partial charge < -0.3 is 14.9 Å². The van der Waals surface area contributed by atoms with Gasteiger partial charge in [-0.25, -0.2) is 4.79 Å². The van der Waals surface area contributed by atoms with Gasteiger partial charge in [0.05, 0.1) is 12.2 Å². The number of hydrogen-bond acceptors (Lipinski definition) is 4. The summed E-state index contributed by atoms with van der Waals surface area (Å²) in [5, 5.41) is 18.7. The molecule has 0 aromatic heterocycles. The van der Waals surface area contributed by atoms with Crippen LogP contribution in [0.2, 0.25) is 0 Å². The first-order valence-corrected chi connectivity index (χ1v) is 7.19. The van der Waals surface area contributed by atoms with Crippen LogP contribution in [0.5, 0.6) is 5.75 Å². The molecule has 1 atom stereocenters. The number of benzene rings is 1. The van der Waals surface area contributed by atoms with Gasteiger partial charge in [-0.3, -0.25) is 4.79 Å². The molecule has 1 aromatic carbocycles. The highest BCUT2D eigenvalue weighted by Gasteiger charge is 2.11. The zero-order chi connectivity index (χ0) is 16.7. The number of phenolic OH excluding ortho intramolecular Hbond substituents is 1. The van der Waals surface area contributed by atoms with Crippen LogP contribution in [0.4, 0.5) is 0 Å². The van der Waals surface area contributed by atoms with E-state index in [0.717, 1.165) is 18.4 Å². The Labute approximate surface area is 130 Å². The highest BCUT2D eigenvalue weighted by atomic mass is 16.5. The van der Waals surface area contributed by atoms with Crippen LogP contribution in [-0.4, -0.2) is 28.8 Å². The summed E-state index contributed by atoms with van der Waals surface area (Å²) in [7, 11) is 0. The van der Waals surface area contributed by atoms with E-state index in [0.29, 0.717) is 18.6 Å². The van der Waals surface area contributed by atoms with Crippen LogP contribution in [0.25, 0.3) is 5.57 Å². The van der Waals surface area contributed by atoms with Crippen molar-refractivity contribution in [1.82, 2.24) is 0 Å². The van der Waals surface area contributed by atoms with Gasteiger partial charge in [0.15, 0.2) is 0 Å². The Kier molecular flexibility index (Phi) is 6.63. The Morgan fingerprint density at radius 2 is 2.05 bits per heavy atom. The van der Waals surface area contributed by atoms with Gasteiger partial charge in [-0.1, -0.05) is 19.6 Å². The third-order valence-electron chi connectivity index (χ3n) is 3.37. The number of carbonyl (C=O) groups excluding carboxylic acids is 1. The van der Waals surface area contributed by atoms with E-state index in [2.05, 4.69) is 6.58 Å². The van der Waals surface area contributed by atoms with E-state index in [1.165, 1.54) is 19.1 Å². The van der Waals surface area contributed by atoms with E-state index >= 15 is 0 Å². The molecule has 22 heavy (non-hydrogen) atoms. The fourth-order valence-corrected chi connectivity index (χ4v) is 2.11. The van der Waals surface area contributed by atoms with Crippen molar-refractivity contribution in [2.45, 2.75) is 33.1 Å². The number of hydrogen-bond donors (Lipinski definition) is 2.